The second-order valence-electron chi connectivity index (χ2n) is 4.67. The van der Waals surface area contributed by atoms with Gasteiger partial charge in [0.25, 0.3) is 0 Å². The lowest BCUT2D eigenvalue weighted by Crippen LogP contribution is -2.37. The Morgan fingerprint density at radius 3 is 1.62 bits per heavy atom. The van der Waals surface area contributed by atoms with E-state index in [4.69, 9.17) is 9.47 Å². The minimum atomic E-state index is -0.381. The highest BCUT2D eigenvalue weighted by molar-refractivity contribution is 8.09. The van der Waals surface area contributed by atoms with Gasteiger partial charge in [-0.3, -0.25) is 0 Å². The number of carbonyl (C=O) groups is 2. The van der Waals surface area contributed by atoms with Crippen LogP contribution in [-0.4, -0.2) is 56.3 Å². The summed E-state index contributed by atoms with van der Waals surface area (Å²) in [4.78, 5) is 23.0. The van der Waals surface area contributed by atoms with E-state index in [1.165, 1.54) is 12.2 Å². The zero-order chi connectivity index (χ0) is 17.9. The van der Waals surface area contributed by atoms with Crippen LogP contribution in [0.5, 0.6) is 0 Å². The van der Waals surface area contributed by atoms with Gasteiger partial charge in [0.15, 0.2) is 10.9 Å². The third-order valence-electron chi connectivity index (χ3n) is 3.02. The number of hydrogen-bond acceptors (Lipinski definition) is 8. The van der Waals surface area contributed by atoms with Crippen molar-refractivity contribution in [1.82, 2.24) is 0 Å². The lowest BCUT2D eigenvalue weighted by atomic mass is 10.5. The van der Waals surface area contributed by atoms with Gasteiger partial charge in [-0.15, -0.1) is 23.5 Å². The monoisotopic (exact) mass is 408 g/mol. The van der Waals surface area contributed by atoms with Gasteiger partial charge in [-0.1, -0.05) is 27.0 Å². The molecule has 8 heteroatoms. The normalized spacial score (nSPS) is 22.9. The lowest BCUT2D eigenvalue weighted by molar-refractivity contribution is -0.140. The van der Waals surface area contributed by atoms with Gasteiger partial charge in [0.05, 0.1) is 10.5 Å². The molecule has 0 bridgehead atoms. The van der Waals surface area contributed by atoms with Crippen LogP contribution in [0.3, 0.4) is 0 Å². The minimum Gasteiger partial charge on any atom is -0.447 e. The SMILES string of the molecule is C=CC(=O)OC(SCC)C1CSC(C(OC(=O)C=C)SCC)CS1. The second kappa shape index (κ2) is 12.2. The predicted octanol–water partition coefficient (Wildman–Crippen LogP) is 3.82. The van der Waals surface area contributed by atoms with E-state index in [2.05, 4.69) is 13.2 Å². The van der Waals surface area contributed by atoms with Crippen LogP contribution < -0.4 is 0 Å². The van der Waals surface area contributed by atoms with E-state index in [-0.39, 0.29) is 33.3 Å². The molecular weight excluding hydrogens is 384 g/mol. The lowest BCUT2D eigenvalue weighted by Gasteiger charge is -2.34. The number of ether oxygens (including phenoxy) is 2. The highest BCUT2D eigenvalue weighted by atomic mass is 32.2. The maximum Gasteiger partial charge on any atom is 0.331 e. The molecule has 0 spiro atoms. The first kappa shape index (κ1) is 21.9. The fourth-order valence-corrected chi connectivity index (χ4v) is 7.62. The number of hydrogen-bond donors (Lipinski definition) is 0. The molecule has 136 valence electrons. The molecule has 4 unspecified atom stereocenters. The first-order chi connectivity index (χ1) is 11.5. The first-order valence-electron chi connectivity index (χ1n) is 7.68. The summed E-state index contributed by atoms with van der Waals surface area (Å²) < 4.78 is 10.9. The number of thioether (sulfide) groups is 4. The average molecular weight is 409 g/mol. The highest BCUT2D eigenvalue weighted by Crippen LogP contribution is 2.40. The van der Waals surface area contributed by atoms with Crippen LogP contribution in [0.25, 0.3) is 0 Å². The summed E-state index contributed by atoms with van der Waals surface area (Å²) in [5.74, 6) is 2.70. The molecule has 4 nitrogen and oxygen atoms in total. The summed E-state index contributed by atoms with van der Waals surface area (Å²) in [5.41, 5.74) is -0.348. The molecule has 1 saturated heterocycles. The summed E-state index contributed by atoms with van der Waals surface area (Å²) in [7, 11) is 0. The van der Waals surface area contributed by atoms with Crippen LogP contribution >= 0.6 is 47.0 Å². The molecule has 24 heavy (non-hydrogen) atoms. The Kier molecular flexibility index (Phi) is 11.1. The number of carbonyl (C=O) groups excluding carboxylic acids is 2. The van der Waals surface area contributed by atoms with Crippen molar-refractivity contribution < 1.29 is 19.1 Å². The van der Waals surface area contributed by atoms with Crippen molar-refractivity contribution in [2.75, 3.05) is 23.0 Å². The van der Waals surface area contributed by atoms with E-state index in [1.807, 2.05) is 13.8 Å². The van der Waals surface area contributed by atoms with E-state index in [0.29, 0.717) is 0 Å². The fraction of sp³-hybridized carbons (Fsp3) is 0.625. The van der Waals surface area contributed by atoms with Gasteiger partial charge in [0.1, 0.15) is 0 Å². The quantitative estimate of drug-likeness (QED) is 0.307. The summed E-state index contributed by atoms with van der Waals surface area (Å²) >= 11 is 6.82. The van der Waals surface area contributed by atoms with Gasteiger partial charge in [0, 0.05) is 23.7 Å². The number of esters is 2. The Labute approximate surface area is 161 Å². The fourth-order valence-electron chi connectivity index (χ4n) is 1.94. The van der Waals surface area contributed by atoms with Gasteiger partial charge < -0.3 is 9.47 Å². The van der Waals surface area contributed by atoms with Gasteiger partial charge >= 0.3 is 11.9 Å². The Balaban J connectivity index is 2.60. The number of rotatable bonds is 10. The largest absolute Gasteiger partial charge is 0.447 e. The molecule has 1 rings (SSSR count). The standard InChI is InChI=1S/C16H24O4S4/c1-5-13(17)19-15(21-7-3)11-9-24-12(10-23-11)16(22-8-4)20-14(18)6-2/h5-6,11-12,15-16H,1-2,7-10H2,3-4H3. The Bertz CT molecular complexity index is 396. The van der Waals surface area contributed by atoms with E-state index in [9.17, 15) is 9.59 Å². The van der Waals surface area contributed by atoms with Gasteiger partial charge in [0.2, 0.25) is 0 Å². The van der Waals surface area contributed by atoms with Crippen LogP contribution in [-0.2, 0) is 19.1 Å². The minimum absolute atomic E-state index is 0.174. The highest BCUT2D eigenvalue weighted by Gasteiger charge is 2.35. The molecule has 1 aliphatic heterocycles. The molecule has 0 aliphatic carbocycles. The van der Waals surface area contributed by atoms with Crippen molar-refractivity contribution in [2.24, 2.45) is 0 Å². The molecule has 0 aromatic carbocycles. The van der Waals surface area contributed by atoms with E-state index >= 15 is 0 Å². The molecular formula is C16H24O4S4. The molecule has 1 aliphatic rings. The molecule has 0 amide bonds. The van der Waals surface area contributed by atoms with Crippen molar-refractivity contribution in [1.29, 1.82) is 0 Å². The first-order valence-corrected chi connectivity index (χ1v) is 11.9. The molecule has 0 aromatic heterocycles. The summed E-state index contributed by atoms with van der Waals surface area (Å²) in [6.45, 7) is 11.0. The molecule has 4 atom stereocenters. The Morgan fingerprint density at radius 1 is 1.00 bits per heavy atom. The van der Waals surface area contributed by atoms with E-state index < -0.39 is 0 Å². The third kappa shape index (κ3) is 7.37. The molecule has 0 saturated carbocycles. The molecule has 0 N–H and O–H groups in total. The van der Waals surface area contributed by atoms with Gasteiger partial charge in [-0.05, 0) is 11.5 Å². The summed E-state index contributed by atoms with van der Waals surface area (Å²) in [6.07, 6.45) is 2.41. The van der Waals surface area contributed by atoms with E-state index in [1.54, 1.807) is 47.0 Å². The smallest absolute Gasteiger partial charge is 0.331 e. The van der Waals surface area contributed by atoms with Gasteiger partial charge in [-0.2, -0.15) is 23.5 Å². The second-order valence-corrected chi connectivity index (χ2v) is 9.97. The maximum absolute atomic E-state index is 11.5. The van der Waals surface area contributed by atoms with Crippen molar-refractivity contribution >= 4 is 59.0 Å². The van der Waals surface area contributed by atoms with Crippen molar-refractivity contribution in [2.45, 2.75) is 35.2 Å². The third-order valence-corrected chi connectivity index (χ3v) is 8.74. The molecule has 0 aromatic rings. The van der Waals surface area contributed by atoms with Crippen LogP contribution in [0.1, 0.15) is 13.8 Å². The average Bonchev–Trinajstić information content (AvgIpc) is 2.60. The maximum atomic E-state index is 11.5. The van der Waals surface area contributed by atoms with Crippen LogP contribution in [0.2, 0.25) is 0 Å². The Morgan fingerprint density at radius 2 is 1.38 bits per heavy atom. The van der Waals surface area contributed by atoms with Crippen molar-refractivity contribution in [3.05, 3.63) is 25.3 Å². The Hall–Kier alpha value is -0.180. The predicted molar refractivity (Wildman–Crippen MR) is 109 cm³/mol. The van der Waals surface area contributed by atoms with Crippen LogP contribution in [0.4, 0.5) is 0 Å². The van der Waals surface area contributed by atoms with Crippen LogP contribution in [0, 0.1) is 0 Å². The topological polar surface area (TPSA) is 52.6 Å². The molecule has 1 heterocycles. The molecule has 0 radical (unpaired) electrons. The van der Waals surface area contributed by atoms with Crippen molar-refractivity contribution in [3.63, 3.8) is 0 Å². The zero-order valence-electron chi connectivity index (χ0n) is 14.0. The summed E-state index contributed by atoms with van der Waals surface area (Å²) in [5, 5.41) is 0.449. The molecule has 1 fully saturated rings. The zero-order valence-corrected chi connectivity index (χ0v) is 17.2. The van der Waals surface area contributed by atoms with E-state index in [0.717, 1.165) is 23.0 Å². The van der Waals surface area contributed by atoms with Crippen LogP contribution in [0.15, 0.2) is 25.3 Å². The van der Waals surface area contributed by atoms with Crippen molar-refractivity contribution in [3.8, 4) is 0 Å². The van der Waals surface area contributed by atoms with Gasteiger partial charge in [-0.25, -0.2) is 9.59 Å². The summed E-state index contributed by atoms with van der Waals surface area (Å²) in [6, 6.07) is 0.